The molecule has 0 saturated heterocycles. The van der Waals surface area contributed by atoms with Crippen molar-refractivity contribution in [2.24, 2.45) is 0 Å². The number of nitrogens with zero attached hydrogens (tertiary/aromatic N) is 5. The molecule has 0 aliphatic rings. The minimum Gasteiger partial charge on any atom is -0.254 e. The number of benzene rings is 5. The molecule has 0 unspecified atom stereocenters. The Morgan fingerprint density at radius 3 is 1.96 bits per heavy atom. The van der Waals surface area contributed by atoms with E-state index in [1.54, 1.807) is 30.6 Å². The molecule has 0 saturated carbocycles. The number of hydrogen-bond acceptors (Lipinski definition) is 7. The molecule has 7 nitrogen and oxygen atoms in total. The van der Waals surface area contributed by atoms with E-state index in [1.807, 2.05) is 109 Å². The average molecular weight is 652 g/mol. The highest BCUT2D eigenvalue weighted by Gasteiger charge is 2.23. The topological polar surface area (TPSA) is 109 Å². The lowest BCUT2D eigenvalue weighted by Gasteiger charge is -2.15. The van der Waals surface area contributed by atoms with Gasteiger partial charge in [-0.05, 0) is 71.3 Å². The van der Waals surface area contributed by atoms with Crippen molar-refractivity contribution in [3.8, 4) is 39.7 Å². The third-order valence-corrected chi connectivity index (χ3v) is 10.1. The van der Waals surface area contributed by atoms with Gasteiger partial charge in [0.15, 0.2) is 0 Å². The highest BCUT2D eigenvalue weighted by atomic mass is 32.2. The molecule has 0 N–H and O–H groups in total. The van der Waals surface area contributed by atoms with Crippen molar-refractivity contribution in [2.45, 2.75) is 4.90 Å². The maximum absolute atomic E-state index is 13.8. The van der Waals surface area contributed by atoms with Gasteiger partial charge in [0.2, 0.25) is 9.84 Å². The Kier molecular flexibility index (Phi) is 7.44. The van der Waals surface area contributed by atoms with Gasteiger partial charge in [-0.1, -0.05) is 84.9 Å². The molecule has 0 bridgehead atoms. The number of allylic oxidation sites excluding steroid dienone is 1. The summed E-state index contributed by atoms with van der Waals surface area (Å²) in [5, 5.41) is 12.0. The Hall–Kier alpha value is -6.56. The molecule has 0 amide bonds. The van der Waals surface area contributed by atoms with E-state index in [2.05, 4.69) is 9.97 Å². The molecule has 0 aliphatic carbocycles. The smallest absolute Gasteiger partial charge is 0.216 e. The van der Waals surface area contributed by atoms with Gasteiger partial charge in [0.25, 0.3) is 0 Å². The van der Waals surface area contributed by atoms with Crippen LogP contribution in [0.25, 0.3) is 72.6 Å². The summed E-state index contributed by atoms with van der Waals surface area (Å²) in [7, 11) is -4.13. The third kappa shape index (κ3) is 5.38. The molecule has 8 heteroatoms. The van der Waals surface area contributed by atoms with Gasteiger partial charge in [-0.25, -0.2) is 18.4 Å². The van der Waals surface area contributed by atoms with E-state index in [0.717, 1.165) is 49.5 Å². The maximum atomic E-state index is 13.8. The predicted molar refractivity (Wildman–Crippen MR) is 194 cm³/mol. The first-order chi connectivity index (χ1) is 24.0. The van der Waals surface area contributed by atoms with Crippen molar-refractivity contribution in [1.29, 1.82) is 5.26 Å². The van der Waals surface area contributed by atoms with Crippen molar-refractivity contribution >= 4 is 48.8 Å². The molecule has 3 aromatic heterocycles. The van der Waals surface area contributed by atoms with Crippen LogP contribution in [-0.2, 0) is 9.84 Å². The van der Waals surface area contributed by atoms with E-state index < -0.39 is 9.84 Å². The second-order valence-corrected chi connectivity index (χ2v) is 13.3. The van der Waals surface area contributed by atoms with Gasteiger partial charge in [-0.15, -0.1) is 0 Å². The van der Waals surface area contributed by atoms with E-state index in [4.69, 9.17) is 9.97 Å². The fraction of sp³-hybridized carbons (Fsp3) is 0. The van der Waals surface area contributed by atoms with Crippen LogP contribution in [0, 0.1) is 11.3 Å². The molecule has 0 radical (unpaired) electrons. The lowest BCUT2D eigenvalue weighted by Crippen LogP contribution is -2.03. The molecule has 8 rings (SSSR count). The standard InChI is InChI=1S/C41H25N5O2S/c42-26-32(49(47,48)31-14-5-2-6-15-31)24-30-23-29(40-39(27-11-3-1-4-12-27)45-36-17-7-8-18-37(36)46-40)19-20-33(30)35-25-28-13-9-21-43-38(28)41-34(35)16-10-22-44-41/h1-25H/b32-24+. The summed E-state index contributed by atoms with van der Waals surface area (Å²) in [4.78, 5) is 19.0. The second-order valence-electron chi connectivity index (χ2n) is 11.4. The van der Waals surface area contributed by atoms with E-state index in [-0.39, 0.29) is 9.80 Å². The van der Waals surface area contributed by atoms with Gasteiger partial charge in [0, 0.05) is 34.3 Å². The zero-order valence-corrected chi connectivity index (χ0v) is 26.7. The monoisotopic (exact) mass is 651 g/mol. The number of fused-ring (bicyclic) bond motifs is 4. The Balaban J connectivity index is 1.43. The largest absolute Gasteiger partial charge is 0.254 e. The Morgan fingerprint density at radius 1 is 0.612 bits per heavy atom. The van der Waals surface area contributed by atoms with Gasteiger partial charge in [0.1, 0.15) is 11.0 Å². The van der Waals surface area contributed by atoms with E-state index in [1.165, 1.54) is 18.2 Å². The van der Waals surface area contributed by atoms with Crippen LogP contribution < -0.4 is 0 Å². The highest BCUT2D eigenvalue weighted by Crippen LogP contribution is 2.39. The van der Waals surface area contributed by atoms with Crippen LogP contribution >= 0.6 is 0 Å². The molecule has 232 valence electrons. The molecule has 8 aromatic rings. The molecule has 49 heavy (non-hydrogen) atoms. The van der Waals surface area contributed by atoms with Crippen molar-refractivity contribution in [2.75, 3.05) is 0 Å². The molecule has 0 atom stereocenters. The molecule has 0 aliphatic heterocycles. The normalized spacial score (nSPS) is 11.9. The SMILES string of the molecule is N#C/C(=C\c1cc(-c2nc3ccccc3nc2-c2ccccc2)ccc1-c1cc2cccnc2c2ncccc12)S(=O)(=O)c1ccccc1. The quantitative estimate of drug-likeness (QED) is 0.130. The fourth-order valence-electron chi connectivity index (χ4n) is 6.11. The average Bonchev–Trinajstić information content (AvgIpc) is 3.16. The third-order valence-electron chi connectivity index (χ3n) is 8.43. The summed E-state index contributed by atoms with van der Waals surface area (Å²) < 4.78 is 27.6. The van der Waals surface area contributed by atoms with Crippen LogP contribution in [0.2, 0.25) is 0 Å². The van der Waals surface area contributed by atoms with Crippen molar-refractivity contribution in [3.05, 3.63) is 156 Å². The van der Waals surface area contributed by atoms with Gasteiger partial charge >= 0.3 is 0 Å². The Morgan fingerprint density at radius 2 is 1.24 bits per heavy atom. The lowest BCUT2D eigenvalue weighted by atomic mass is 9.91. The van der Waals surface area contributed by atoms with Crippen LogP contribution in [0.15, 0.2) is 156 Å². The zero-order valence-electron chi connectivity index (χ0n) is 25.9. The van der Waals surface area contributed by atoms with Crippen LogP contribution in [0.5, 0.6) is 0 Å². The minimum absolute atomic E-state index is 0.0405. The van der Waals surface area contributed by atoms with Crippen molar-refractivity contribution in [1.82, 2.24) is 19.9 Å². The summed E-state index contributed by atoms with van der Waals surface area (Å²) in [6, 6.07) is 43.0. The first kappa shape index (κ1) is 29.8. The Labute approximate surface area is 282 Å². The first-order valence-electron chi connectivity index (χ1n) is 15.5. The number of aromatic nitrogens is 4. The number of para-hydroxylation sites is 2. The number of nitriles is 1. The summed E-state index contributed by atoms with van der Waals surface area (Å²) in [6.07, 6.45) is 4.92. The van der Waals surface area contributed by atoms with E-state index in [0.29, 0.717) is 22.5 Å². The van der Waals surface area contributed by atoms with Crippen LogP contribution in [0.3, 0.4) is 0 Å². The fourth-order valence-corrected chi connectivity index (χ4v) is 7.28. The first-order valence-corrected chi connectivity index (χ1v) is 17.0. The van der Waals surface area contributed by atoms with Crippen LogP contribution in [0.4, 0.5) is 0 Å². The Bertz CT molecular complexity index is 2740. The molecular formula is C41H25N5O2S. The van der Waals surface area contributed by atoms with E-state index >= 15 is 0 Å². The second kappa shape index (κ2) is 12.2. The van der Waals surface area contributed by atoms with Gasteiger partial charge < -0.3 is 0 Å². The van der Waals surface area contributed by atoms with Gasteiger partial charge in [0.05, 0.1) is 38.4 Å². The highest BCUT2D eigenvalue weighted by molar-refractivity contribution is 7.95. The van der Waals surface area contributed by atoms with Crippen molar-refractivity contribution in [3.63, 3.8) is 0 Å². The maximum Gasteiger partial charge on any atom is 0.216 e. The predicted octanol–water partition coefficient (Wildman–Crippen LogP) is 9.07. The van der Waals surface area contributed by atoms with Crippen molar-refractivity contribution < 1.29 is 8.42 Å². The minimum atomic E-state index is -4.13. The van der Waals surface area contributed by atoms with E-state index in [9.17, 15) is 13.7 Å². The summed E-state index contributed by atoms with van der Waals surface area (Å²) in [6.45, 7) is 0. The number of sulfone groups is 1. The molecule has 3 heterocycles. The van der Waals surface area contributed by atoms with Crippen LogP contribution in [-0.4, -0.2) is 28.4 Å². The number of hydrogen-bond donors (Lipinski definition) is 0. The molecular weight excluding hydrogens is 627 g/mol. The van der Waals surface area contributed by atoms with Crippen LogP contribution in [0.1, 0.15) is 5.56 Å². The van der Waals surface area contributed by atoms with Gasteiger partial charge in [-0.3, -0.25) is 9.97 Å². The molecule has 0 spiro atoms. The number of pyridine rings is 2. The summed E-state index contributed by atoms with van der Waals surface area (Å²) in [5.41, 5.74) is 7.95. The zero-order chi connectivity index (χ0) is 33.4. The van der Waals surface area contributed by atoms with Gasteiger partial charge in [-0.2, -0.15) is 5.26 Å². The number of rotatable bonds is 6. The lowest BCUT2D eigenvalue weighted by molar-refractivity contribution is 0.603. The molecule has 5 aromatic carbocycles. The summed E-state index contributed by atoms with van der Waals surface area (Å²) >= 11 is 0. The molecule has 0 fully saturated rings. The summed E-state index contributed by atoms with van der Waals surface area (Å²) in [5.74, 6) is 0.